The standard InChI is InChI=1S/C24H33N3O3S/c1-16(28)25-24-22(18-7-5-6-8-21(18)31-24)23(27-13-11-26(2)12-14-27)17-9-10-19(29-3)20(15-17)30-4/h9-10,15,23H,5-8,11-14H2,1-4H3,(H,25,28). The van der Waals surface area contributed by atoms with Crippen LogP contribution in [0.15, 0.2) is 18.2 Å². The van der Waals surface area contributed by atoms with E-state index in [9.17, 15) is 4.79 Å². The fourth-order valence-electron chi connectivity index (χ4n) is 4.80. The highest BCUT2D eigenvalue weighted by Crippen LogP contribution is 2.46. The number of ether oxygens (including phenoxy) is 2. The lowest BCUT2D eigenvalue weighted by Crippen LogP contribution is -2.46. The van der Waals surface area contributed by atoms with E-state index in [0.29, 0.717) is 0 Å². The number of hydrogen-bond acceptors (Lipinski definition) is 6. The lowest BCUT2D eigenvalue weighted by Gasteiger charge is -2.39. The number of thiophene rings is 1. The number of hydrogen-bond donors (Lipinski definition) is 1. The highest BCUT2D eigenvalue weighted by atomic mass is 32.1. The molecule has 1 aliphatic carbocycles. The molecule has 0 saturated carbocycles. The number of likely N-dealkylation sites (N-methyl/N-ethyl adjacent to an activating group) is 1. The Hall–Kier alpha value is -2.09. The van der Waals surface area contributed by atoms with Crippen LogP contribution in [0.2, 0.25) is 0 Å². The van der Waals surface area contributed by atoms with Crippen molar-refractivity contribution < 1.29 is 14.3 Å². The van der Waals surface area contributed by atoms with Gasteiger partial charge in [-0.25, -0.2) is 0 Å². The van der Waals surface area contributed by atoms with Crippen LogP contribution < -0.4 is 14.8 Å². The van der Waals surface area contributed by atoms with Gasteiger partial charge in [-0.2, -0.15) is 0 Å². The summed E-state index contributed by atoms with van der Waals surface area (Å²) in [5.41, 5.74) is 3.91. The minimum atomic E-state index is -0.00992. The normalized spacial score (nSPS) is 18.3. The van der Waals surface area contributed by atoms with E-state index < -0.39 is 0 Å². The van der Waals surface area contributed by atoms with Crippen molar-refractivity contribution in [2.45, 2.75) is 38.6 Å². The number of methoxy groups -OCH3 is 2. The largest absolute Gasteiger partial charge is 0.493 e. The number of carbonyl (C=O) groups excluding carboxylic acids is 1. The molecule has 0 radical (unpaired) electrons. The summed E-state index contributed by atoms with van der Waals surface area (Å²) >= 11 is 1.77. The molecule has 1 atom stereocenters. The number of anilines is 1. The zero-order valence-corrected chi connectivity index (χ0v) is 19.8. The molecule has 1 amide bonds. The average Bonchev–Trinajstić information content (AvgIpc) is 3.12. The van der Waals surface area contributed by atoms with Gasteiger partial charge in [0.15, 0.2) is 11.5 Å². The highest BCUT2D eigenvalue weighted by Gasteiger charge is 2.33. The quantitative estimate of drug-likeness (QED) is 0.733. The van der Waals surface area contributed by atoms with Crippen LogP contribution in [-0.4, -0.2) is 63.2 Å². The number of fused-ring (bicyclic) bond motifs is 1. The molecule has 168 valence electrons. The third-order valence-corrected chi connectivity index (χ3v) is 7.62. The topological polar surface area (TPSA) is 54.0 Å². The van der Waals surface area contributed by atoms with Crippen molar-refractivity contribution in [2.75, 3.05) is 52.8 Å². The number of benzene rings is 1. The summed E-state index contributed by atoms with van der Waals surface area (Å²) in [5.74, 6) is 1.46. The van der Waals surface area contributed by atoms with Crippen molar-refractivity contribution in [3.63, 3.8) is 0 Å². The number of nitrogens with one attached hydrogen (secondary N) is 1. The summed E-state index contributed by atoms with van der Waals surface area (Å²) in [5, 5.41) is 4.18. The molecule has 6 nitrogen and oxygen atoms in total. The van der Waals surface area contributed by atoms with Crippen LogP contribution in [0.4, 0.5) is 5.00 Å². The molecule has 1 aliphatic heterocycles. The van der Waals surface area contributed by atoms with Crippen LogP contribution >= 0.6 is 11.3 Å². The Morgan fingerprint density at radius 1 is 1.06 bits per heavy atom. The fourth-order valence-corrected chi connectivity index (χ4v) is 6.16. The van der Waals surface area contributed by atoms with Gasteiger partial charge in [-0.1, -0.05) is 6.07 Å². The van der Waals surface area contributed by atoms with Gasteiger partial charge in [0.05, 0.1) is 20.3 Å². The van der Waals surface area contributed by atoms with Crippen LogP contribution in [-0.2, 0) is 17.6 Å². The molecule has 2 aliphatic rings. The van der Waals surface area contributed by atoms with Crippen LogP contribution in [0.3, 0.4) is 0 Å². The third-order valence-electron chi connectivity index (χ3n) is 6.40. The van der Waals surface area contributed by atoms with Crippen molar-refractivity contribution >= 4 is 22.2 Å². The Morgan fingerprint density at radius 3 is 2.45 bits per heavy atom. The molecular weight excluding hydrogens is 410 g/mol. The second-order valence-electron chi connectivity index (χ2n) is 8.49. The molecule has 1 saturated heterocycles. The summed E-state index contributed by atoms with van der Waals surface area (Å²) in [6.45, 7) is 5.64. The molecule has 0 spiro atoms. The van der Waals surface area contributed by atoms with Crippen LogP contribution in [0.25, 0.3) is 0 Å². The second-order valence-corrected chi connectivity index (χ2v) is 9.60. The predicted molar refractivity (Wildman–Crippen MR) is 126 cm³/mol. The first-order chi connectivity index (χ1) is 15.0. The molecule has 0 bridgehead atoms. The highest BCUT2D eigenvalue weighted by molar-refractivity contribution is 7.16. The van der Waals surface area contributed by atoms with Gasteiger partial charge in [0, 0.05) is 43.5 Å². The molecule has 1 N–H and O–H groups in total. The third kappa shape index (κ3) is 4.59. The zero-order chi connectivity index (χ0) is 22.0. The maximum absolute atomic E-state index is 12.1. The van der Waals surface area contributed by atoms with E-state index in [0.717, 1.165) is 55.5 Å². The van der Waals surface area contributed by atoms with Crippen molar-refractivity contribution in [3.8, 4) is 11.5 Å². The number of amides is 1. The van der Waals surface area contributed by atoms with E-state index in [1.807, 2.05) is 6.07 Å². The minimum absolute atomic E-state index is 0.00992. The molecule has 1 aromatic heterocycles. The predicted octanol–water partition coefficient (Wildman–Crippen LogP) is 3.94. The molecule has 2 heterocycles. The van der Waals surface area contributed by atoms with E-state index in [1.165, 1.54) is 34.4 Å². The van der Waals surface area contributed by atoms with E-state index in [-0.39, 0.29) is 11.9 Å². The van der Waals surface area contributed by atoms with Crippen molar-refractivity contribution in [2.24, 2.45) is 0 Å². The zero-order valence-electron chi connectivity index (χ0n) is 19.0. The Labute approximate surface area is 189 Å². The summed E-state index contributed by atoms with van der Waals surface area (Å²) < 4.78 is 11.1. The summed E-state index contributed by atoms with van der Waals surface area (Å²) in [7, 11) is 5.53. The monoisotopic (exact) mass is 443 g/mol. The van der Waals surface area contributed by atoms with Gasteiger partial charge in [0.2, 0.25) is 5.91 Å². The molecule has 2 aromatic rings. The maximum atomic E-state index is 12.1. The van der Waals surface area contributed by atoms with Gasteiger partial charge in [-0.05, 0) is 56.0 Å². The second kappa shape index (κ2) is 9.59. The fraction of sp³-hybridized carbons (Fsp3) is 0.542. The Kier molecular flexibility index (Phi) is 6.84. The van der Waals surface area contributed by atoms with E-state index in [1.54, 1.807) is 32.5 Å². The molecule has 1 fully saturated rings. The van der Waals surface area contributed by atoms with Gasteiger partial charge >= 0.3 is 0 Å². The average molecular weight is 444 g/mol. The molecule has 1 unspecified atom stereocenters. The van der Waals surface area contributed by atoms with Crippen molar-refractivity contribution in [1.82, 2.24) is 9.80 Å². The summed E-state index contributed by atoms with van der Waals surface area (Å²) in [6.07, 6.45) is 4.62. The Morgan fingerprint density at radius 2 is 1.77 bits per heavy atom. The lowest BCUT2D eigenvalue weighted by molar-refractivity contribution is -0.114. The number of piperazine rings is 1. The molecule has 7 heteroatoms. The number of carbonyl (C=O) groups is 1. The summed E-state index contributed by atoms with van der Waals surface area (Å²) in [4.78, 5) is 18.4. The van der Waals surface area contributed by atoms with Crippen LogP contribution in [0.5, 0.6) is 11.5 Å². The van der Waals surface area contributed by atoms with Gasteiger partial charge < -0.3 is 19.7 Å². The first-order valence-electron chi connectivity index (χ1n) is 11.1. The van der Waals surface area contributed by atoms with E-state index in [2.05, 4.69) is 34.3 Å². The molecule has 31 heavy (non-hydrogen) atoms. The van der Waals surface area contributed by atoms with Crippen molar-refractivity contribution in [1.29, 1.82) is 0 Å². The Bertz CT molecular complexity index is 934. The van der Waals surface area contributed by atoms with E-state index >= 15 is 0 Å². The van der Waals surface area contributed by atoms with Crippen LogP contribution in [0, 0.1) is 0 Å². The van der Waals surface area contributed by atoms with Crippen molar-refractivity contribution in [3.05, 3.63) is 39.8 Å². The first kappa shape index (κ1) is 22.1. The minimum Gasteiger partial charge on any atom is -0.493 e. The van der Waals surface area contributed by atoms with Gasteiger partial charge in [0.1, 0.15) is 5.00 Å². The number of rotatable bonds is 6. The first-order valence-corrected chi connectivity index (χ1v) is 11.9. The SMILES string of the molecule is COc1ccc(C(c2c(NC(C)=O)sc3c2CCCC3)N2CCN(C)CC2)cc1OC. The number of aryl methyl sites for hydroxylation is 1. The van der Waals surface area contributed by atoms with Gasteiger partial charge in [0.25, 0.3) is 0 Å². The molecular formula is C24H33N3O3S. The maximum Gasteiger partial charge on any atom is 0.221 e. The summed E-state index contributed by atoms with van der Waals surface area (Å²) in [6, 6.07) is 6.32. The molecule has 4 rings (SSSR count). The van der Waals surface area contributed by atoms with Gasteiger partial charge in [-0.3, -0.25) is 9.69 Å². The molecule has 1 aromatic carbocycles. The van der Waals surface area contributed by atoms with E-state index in [4.69, 9.17) is 9.47 Å². The van der Waals surface area contributed by atoms with Gasteiger partial charge in [-0.15, -0.1) is 11.3 Å². The van der Waals surface area contributed by atoms with Crippen LogP contribution in [0.1, 0.15) is 47.4 Å². The number of nitrogens with zero attached hydrogens (tertiary/aromatic N) is 2. The Balaban J connectivity index is 1.86. The lowest BCUT2D eigenvalue weighted by atomic mass is 9.88. The smallest absolute Gasteiger partial charge is 0.221 e.